The molecule has 0 saturated carbocycles. The number of aryl methyl sites for hydroxylation is 2. The zero-order chi connectivity index (χ0) is 17.2. The van der Waals surface area contributed by atoms with Crippen molar-refractivity contribution in [2.24, 2.45) is 0 Å². The third kappa shape index (κ3) is 3.75. The van der Waals surface area contributed by atoms with E-state index in [1.165, 1.54) is 6.07 Å². The molecule has 0 atom stereocenters. The van der Waals surface area contributed by atoms with Crippen molar-refractivity contribution >= 4 is 27.3 Å². The molecule has 24 heavy (non-hydrogen) atoms. The SMILES string of the molecule is Cc1cc2ncc(CCCNS(=O)(=O)c3ccccc3Cl)cn2n1. The molecule has 0 spiro atoms. The summed E-state index contributed by atoms with van der Waals surface area (Å²) in [7, 11) is -3.59. The van der Waals surface area contributed by atoms with Crippen LogP contribution in [0, 0.1) is 6.92 Å². The van der Waals surface area contributed by atoms with E-state index in [-0.39, 0.29) is 9.92 Å². The molecular weight excluding hydrogens is 348 g/mol. The number of nitrogens with one attached hydrogen (secondary N) is 1. The van der Waals surface area contributed by atoms with Gasteiger partial charge in [-0.25, -0.2) is 22.6 Å². The Morgan fingerprint density at radius 3 is 2.88 bits per heavy atom. The summed E-state index contributed by atoms with van der Waals surface area (Å²) >= 11 is 5.94. The van der Waals surface area contributed by atoms with Crippen molar-refractivity contribution in [1.29, 1.82) is 0 Å². The Morgan fingerprint density at radius 2 is 2.08 bits per heavy atom. The third-order valence-corrected chi connectivity index (χ3v) is 5.51. The second-order valence-electron chi connectivity index (χ2n) is 5.48. The van der Waals surface area contributed by atoms with Crippen LogP contribution in [0.2, 0.25) is 5.02 Å². The predicted molar refractivity (Wildman–Crippen MR) is 92.7 cm³/mol. The maximum Gasteiger partial charge on any atom is 0.242 e. The molecule has 0 aliphatic carbocycles. The van der Waals surface area contributed by atoms with Crippen molar-refractivity contribution in [1.82, 2.24) is 19.3 Å². The molecule has 0 unspecified atom stereocenters. The monoisotopic (exact) mass is 364 g/mol. The molecule has 1 aromatic carbocycles. The van der Waals surface area contributed by atoms with E-state index >= 15 is 0 Å². The Bertz CT molecular complexity index is 969. The van der Waals surface area contributed by atoms with Crippen molar-refractivity contribution < 1.29 is 8.42 Å². The number of nitrogens with zero attached hydrogens (tertiary/aromatic N) is 3. The zero-order valence-electron chi connectivity index (χ0n) is 13.1. The molecule has 0 fully saturated rings. The zero-order valence-corrected chi connectivity index (χ0v) is 14.7. The van der Waals surface area contributed by atoms with Crippen molar-refractivity contribution in [2.45, 2.75) is 24.7 Å². The van der Waals surface area contributed by atoms with E-state index in [0.717, 1.165) is 16.9 Å². The second kappa shape index (κ2) is 6.88. The minimum Gasteiger partial charge on any atom is -0.237 e. The number of benzene rings is 1. The summed E-state index contributed by atoms with van der Waals surface area (Å²) in [5, 5.41) is 4.54. The molecule has 0 amide bonds. The van der Waals surface area contributed by atoms with Crippen molar-refractivity contribution in [2.75, 3.05) is 6.54 Å². The van der Waals surface area contributed by atoms with Crippen molar-refractivity contribution in [3.8, 4) is 0 Å². The van der Waals surface area contributed by atoms with E-state index < -0.39 is 10.0 Å². The Kier molecular flexibility index (Phi) is 4.84. The topological polar surface area (TPSA) is 76.4 Å². The molecule has 3 aromatic rings. The van der Waals surface area contributed by atoms with E-state index in [0.29, 0.717) is 19.4 Å². The highest BCUT2D eigenvalue weighted by Gasteiger charge is 2.16. The van der Waals surface area contributed by atoms with Crippen LogP contribution < -0.4 is 4.72 Å². The van der Waals surface area contributed by atoms with Crippen LogP contribution in [-0.4, -0.2) is 29.6 Å². The highest BCUT2D eigenvalue weighted by atomic mass is 35.5. The smallest absolute Gasteiger partial charge is 0.237 e. The van der Waals surface area contributed by atoms with Gasteiger partial charge in [-0.05, 0) is 37.5 Å². The lowest BCUT2D eigenvalue weighted by molar-refractivity contribution is 0.579. The quantitative estimate of drug-likeness (QED) is 0.682. The number of halogens is 1. The van der Waals surface area contributed by atoms with Crippen LogP contribution in [0.25, 0.3) is 5.65 Å². The first-order valence-electron chi connectivity index (χ1n) is 7.51. The Hall–Kier alpha value is -1.96. The summed E-state index contributed by atoms with van der Waals surface area (Å²) in [4.78, 5) is 4.43. The molecule has 0 radical (unpaired) electrons. The summed E-state index contributed by atoms with van der Waals surface area (Å²) in [6, 6.07) is 8.29. The summed E-state index contributed by atoms with van der Waals surface area (Å²) in [6.45, 7) is 2.24. The van der Waals surface area contributed by atoms with E-state index in [4.69, 9.17) is 11.6 Å². The van der Waals surface area contributed by atoms with Crippen LogP contribution in [0.5, 0.6) is 0 Å². The molecule has 3 rings (SSSR count). The number of fused-ring (bicyclic) bond motifs is 1. The average Bonchev–Trinajstić information content (AvgIpc) is 2.91. The van der Waals surface area contributed by atoms with Gasteiger partial charge in [-0.15, -0.1) is 0 Å². The molecule has 8 heteroatoms. The minimum absolute atomic E-state index is 0.0989. The average molecular weight is 365 g/mol. The van der Waals surface area contributed by atoms with Gasteiger partial charge >= 0.3 is 0 Å². The molecule has 2 aromatic heterocycles. The molecular formula is C16H17ClN4O2S. The van der Waals surface area contributed by atoms with Crippen molar-refractivity contribution in [3.05, 3.63) is 59.0 Å². The number of hydrogen-bond donors (Lipinski definition) is 1. The summed E-state index contributed by atoms with van der Waals surface area (Å²) in [6.07, 6.45) is 5.06. The molecule has 0 saturated heterocycles. The number of sulfonamides is 1. The maximum atomic E-state index is 12.2. The molecule has 0 bridgehead atoms. The van der Waals surface area contributed by atoms with Gasteiger partial charge in [0.15, 0.2) is 5.65 Å². The van der Waals surface area contributed by atoms with Crippen LogP contribution in [0.3, 0.4) is 0 Å². The highest BCUT2D eigenvalue weighted by molar-refractivity contribution is 7.89. The number of hydrogen-bond acceptors (Lipinski definition) is 4. The minimum atomic E-state index is -3.59. The number of rotatable bonds is 6. The Labute approximate surface area is 145 Å². The molecule has 2 heterocycles. The molecule has 1 N–H and O–H groups in total. The Balaban J connectivity index is 1.59. The third-order valence-electron chi connectivity index (χ3n) is 3.55. The van der Waals surface area contributed by atoms with Crippen LogP contribution in [0.15, 0.2) is 47.6 Å². The van der Waals surface area contributed by atoms with Gasteiger partial charge in [0, 0.05) is 25.0 Å². The predicted octanol–water partition coefficient (Wildman–Crippen LogP) is 2.60. The van der Waals surface area contributed by atoms with Gasteiger partial charge in [0.05, 0.1) is 10.7 Å². The Morgan fingerprint density at radius 1 is 1.29 bits per heavy atom. The normalized spacial score (nSPS) is 11.9. The standard InChI is InChI=1S/C16H17ClN4O2S/c1-12-9-16-18-10-13(11-21(16)20-12)5-4-8-19-24(22,23)15-7-3-2-6-14(15)17/h2-3,6-7,9-11,19H,4-5,8H2,1H3. The fourth-order valence-electron chi connectivity index (χ4n) is 2.40. The van der Waals surface area contributed by atoms with Crippen LogP contribution in [0.4, 0.5) is 0 Å². The van der Waals surface area contributed by atoms with Gasteiger partial charge in [-0.2, -0.15) is 5.10 Å². The first-order valence-corrected chi connectivity index (χ1v) is 9.37. The van der Waals surface area contributed by atoms with Crippen LogP contribution >= 0.6 is 11.6 Å². The summed E-state index contributed by atoms with van der Waals surface area (Å²) in [5.74, 6) is 0. The van der Waals surface area contributed by atoms with Crippen molar-refractivity contribution in [3.63, 3.8) is 0 Å². The largest absolute Gasteiger partial charge is 0.242 e. The lowest BCUT2D eigenvalue weighted by Gasteiger charge is -2.08. The van der Waals surface area contributed by atoms with E-state index in [1.807, 2.05) is 19.2 Å². The van der Waals surface area contributed by atoms with Gasteiger partial charge < -0.3 is 0 Å². The second-order valence-corrected chi connectivity index (χ2v) is 7.63. The van der Waals surface area contributed by atoms with E-state index in [2.05, 4.69) is 14.8 Å². The lowest BCUT2D eigenvalue weighted by atomic mass is 10.2. The first-order chi connectivity index (χ1) is 11.5. The fourth-order valence-corrected chi connectivity index (χ4v) is 3.99. The highest BCUT2D eigenvalue weighted by Crippen LogP contribution is 2.20. The first kappa shape index (κ1) is 16.9. The van der Waals surface area contributed by atoms with Gasteiger partial charge in [0.2, 0.25) is 10.0 Å². The van der Waals surface area contributed by atoms with Crippen LogP contribution in [-0.2, 0) is 16.4 Å². The molecule has 126 valence electrons. The maximum absolute atomic E-state index is 12.2. The van der Waals surface area contributed by atoms with E-state index in [1.54, 1.807) is 28.9 Å². The fraction of sp³-hybridized carbons (Fsp3) is 0.250. The lowest BCUT2D eigenvalue weighted by Crippen LogP contribution is -2.25. The van der Waals surface area contributed by atoms with Crippen LogP contribution in [0.1, 0.15) is 17.7 Å². The summed E-state index contributed by atoms with van der Waals surface area (Å²) < 4.78 is 28.7. The number of aromatic nitrogens is 3. The van der Waals surface area contributed by atoms with Gasteiger partial charge in [0.1, 0.15) is 4.90 Å². The van der Waals surface area contributed by atoms with E-state index in [9.17, 15) is 8.42 Å². The summed E-state index contributed by atoms with van der Waals surface area (Å²) in [5.41, 5.74) is 2.71. The molecule has 0 aliphatic rings. The molecule has 0 aliphatic heterocycles. The van der Waals surface area contributed by atoms with Gasteiger partial charge in [-0.3, -0.25) is 0 Å². The molecule has 6 nitrogen and oxygen atoms in total. The van der Waals surface area contributed by atoms with Gasteiger partial charge in [-0.1, -0.05) is 23.7 Å². The van der Waals surface area contributed by atoms with Gasteiger partial charge in [0.25, 0.3) is 0 Å².